The average molecular weight is 432 g/mol. The van der Waals surface area contributed by atoms with Gasteiger partial charge < -0.3 is 19.4 Å². The van der Waals surface area contributed by atoms with E-state index in [0.717, 1.165) is 21.7 Å². The van der Waals surface area contributed by atoms with E-state index in [4.69, 9.17) is 9.15 Å². The molecule has 32 heavy (non-hydrogen) atoms. The molecule has 2 unspecified atom stereocenters. The maximum atomic E-state index is 15.0. The van der Waals surface area contributed by atoms with Crippen molar-refractivity contribution in [3.63, 3.8) is 0 Å². The quantitative estimate of drug-likeness (QED) is 0.350. The Morgan fingerprint density at radius 2 is 1.81 bits per heavy atom. The first-order chi connectivity index (χ1) is 15.5. The highest BCUT2D eigenvalue weighted by molar-refractivity contribution is 6.07. The molecule has 0 amide bonds. The molecular weight excluding hydrogens is 407 g/mol. The Bertz CT molecular complexity index is 1340. The Morgan fingerprint density at radius 1 is 1.03 bits per heavy atom. The Hall–Kier alpha value is -3.38. The molecule has 3 aromatic carbocycles. The van der Waals surface area contributed by atoms with Gasteiger partial charge in [0.25, 0.3) is 0 Å². The third-order valence-corrected chi connectivity index (χ3v) is 5.91. The minimum Gasteiger partial charge on any atom is -0.423 e. The summed E-state index contributed by atoms with van der Waals surface area (Å²) in [6.07, 6.45) is 0.118. The second-order valence-corrected chi connectivity index (χ2v) is 8.43. The first-order valence-corrected chi connectivity index (χ1v) is 10.9. The number of ether oxygens (including phenoxy) is 1. The van der Waals surface area contributed by atoms with Gasteiger partial charge in [0.2, 0.25) is 0 Å². The van der Waals surface area contributed by atoms with Crippen LogP contribution < -0.4 is 15.8 Å². The van der Waals surface area contributed by atoms with Crippen LogP contribution in [0.15, 0.2) is 69.9 Å². The van der Waals surface area contributed by atoms with Gasteiger partial charge in [0.1, 0.15) is 11.4 Å². The van der Waals surface area contributed by atoms with Crippen LogP contribution in [0.25, 0.3) is 21.7 Å². The largest absolute Gasteiger partial charge is 0.423 e. The SMILES string of the molecule is CC1CN(c2ccc(NCc3cc(=O)oc4ccc5ccccc5c34)cc2F)CC(C)O1. The van der Waals surface area contributed by atoms with Crippen LogP contribution in [0.2, 0.25) is 0 Å². The number of morpholine rings is 1. The maximum absolute atomic E-state index is 15.0. The van der Waals surface area contributed by atoms with Gasteiger partial charge in [-0.2, -0.15) is 0 Å². The van der Waals surface area contributed by atoms with E-state index in [0.29, 0.717) is 36.6 Å². The zero-order valence-corrected chi connectivity index (χ0v) is 18.1. The topological polar surface area (TPSA) is 54.7 Å². The zero-order chi connectivity index (χ0) is 22.2. The van der Waals surface area contributed by atoms with Crippen molar-refractivity contribution in [1.29, 1.82) is 0 Å². The number of anilines is 2. The highest BCUT2D eigenvalue weighted by Crippen LogP contribution is 2.29. The molecule has 6 heteroatoms. The molecule has 1 aromatic heterocycles. The van der Waals surface area contributed by atoms with Crippen LogP contribution in [0.1, 0.15) is 19.4 Å². The summed E-state index contributed by atoms with van der Waals surface area (Å²) in [5, 5.41) is 6.25. The van der Waals surface area contributed by atoms with Crippen LogP contribution in [0.5, 0.6) is 0 Å². The van der Waals surface area contributed by atoms with Crippen LogP contribution in [0.4, 0.5) is 15.8 Å². The molecule has 1 fully saturated rings. The van der Waals surface area contributed by atoms with E-state index in [9.17, 15) is 9.18 Å². The number of fused-ring (bicyclic) bond motifs is 3. The third kappa shape index (κ3) is 3.94. The van der Waals surface area contributed by atoms with Crippen LogP contribution in [-0.4, -0.2) is 25.3 Å². The molecule has 0 bridgehead atoms. The minimum atomic E-state index is -0.401. The van der Waals surface area contributed by atoms with Crippen LogP contribution >= 0.6 is 0 Å². The highest BCUT2D eigenvalue weighted by atomic mass is 19.1. The molecule has 1 aliphatic heterocycles. The Morgan fingerprint density at radius 3 is 2.59 bits per heavy atom. The predicted octanol–water partition coefficient (Wildman–Crippen LogP) is 5.31. The number of halogens is 1. The summed E-state index contributed by atoms with van der Waals surface area (Å²) in [6.45, 7) is 5.70. The molecule has 0 radical (unpaired) electrons. The molecule has 2 heterocycles. The fourth-order valence-electron chi connectivity index (χ4n) is 4.60. The van der Waals surface area contributed by atoms with Crippen molar-refractivity contribution >= 4 is 33.1 Å². The predicted molar refractivity (Wildman–Crippen MR) is 126 cm³/mol. The lowest BCUT2D eigenvalue weighted by Crippen LogP contribution is -2.45. The number of nitrogens with one attached hydrogen (secondary N) is 1. The molecule has 2 atom stereocenters. The maximum Gasteiger partial charge on any atom is 0.336 e. The van der Waals surface area contributed by atoms with Crippen LogP contribution in [-0.2, 0) is 11.3 Å². The fraction of sp³-hybridized carbons (Fsp3) is 0.269. The van der Waals surface area contributed by atoms with E-state index in [-0.39, 0.29) is 18.0 Å². The summed E-state index contributed by atoms with van der Waals surface area (Å²) in [5.74, 6) is -0.279. The van der Waals surface area contributed by atoms with E-state index in [1.165, 1.54) is 12.1 Å². The van der Waals surface area contributed by atoms with Crippen molar-refractivity contribution in [2.24, 2.45) is 0 Å². The van der Waals surface area contributed by atoms with Crippen molar-refractivity contribution < 1.29 is 13.5 Å². The normalized spacial score (nSPS) is 18.9. The van der Waals surface area contributed by atoms with Gasteiger partial charge in [-0.15, -0.1) is 0 Å². The Labute approximate surface area is 185 Å². The van der Waals surface area contributed by atoms with Crippen LogP contribution in [0.3, 0.4) is 0 Å². The Kier molecular flexibility index (Phi) is 5.31. The standard InChI is InChI=1S/C26H25FN2O3/c1-16-14-29(15-17(2)31-16)23-9-8-20(12-22(23)27)28-13-19-11-25(30)32-24-10-7-18-5-3-4-6-21(18)26(19)24/h3-12,16-17,28H,13-15H2,1-2H3. The van der Waals surface area contributed by atoms with E-state index < -0.39 is 5.63 Å². The molecule has 5 nitrogen and oxygen atoms in total. The van der Waals surface area contributed by atoms with Gasteiger partial charge in [0.15, 0.2) is 0 Å². The molecule has 0 spiro atoms. The zero-order valence-electron chi connectivity index (χ0n) is 18.1. The first-order valence-electron chi connectivity index (χ1n) is 10.9. The fourth-order valence-corrected chi connectivity index (χ4v) is 4.60. The van der Waals surface area contributed by atoms with Crippen molar-refractivity contribution in [2.75, 3.05) is 23.3 Å². The first kappa shape index (κ1) is 20.5. The molecule has 1 aliphatic rings. The number of benzene rings is 3. The van der Waals surface area contributed by atoms with Crippen molar-refractivity contribution in [2.45, 2.75) is 32.6 Å². The number of nitrogens with zero attached hydrogens (tertiary/aromatic N) is 1. The molecule has 4 aromatic rings. The van der Waals surface area contributed by atoms with Crippen molar-refractivity contribution in [3.05, 3.63) is 82.5 Å². The summed E-state index contributed by atoms with van der Waals surface area (Å²) in [7, 11) is 0. The van der Waals surface area contributed by atoms with Gasteiger partial charge in [-0.3, -0.25) is 0 Å². The van der Waals surface area contributed by atoms with E-state index in [1.807, 2.05) is 61.2 Å². The highest BCUT2D eigenvalue weighted by Gasteiger charge is 2.24. The lowest BCUT2D eigenvalue weighted by atomic mass is 10.0. The van der Waals surface area contributed by atoms with E-state index in [1.54, 1.807) is 6.07 Å². The van der Waals surface area contributed by atoms with Gasteiger partial charge in [-0.05, 0) is 54.4 Å². The van der Waals surface area contributed by atoms with Crippen molar-refractivity contribution in [3.8, 4) is 0 Å². The van der Waals surface area contributed by atoms with Crippen molar-refractivity contribution in [1.82, 2.24) is 0 Å². The number of rotatable bonds is 4. The summed E-state index contributed by atoms with van der Waals surface area (Å²) in [6, 6.07) is 18.4. The molecule has 0 aliphatic carbocycles. The van der Waals surface area contributed by atoms with Gasteiger partial charge in [-0.1, -0.05) is 30.3 Å². The minimum absolute atomic E-state index is 0.0591. The molecule has 1 N–H and O–H groups in total. The number of hydrogen-bond acceptors (Lipinski definition) is 5. The summed E-state index contributed by atoms with van der Waals surface area (Å²) in [4.78, 5) is 14.1. The average Bonchev–Trinajstić information content (AvgIpc) is 2.76. The summed E-state index contributed by atoms with van der Waals surface area (Å²) in [5.41, 5.74) is 2.19. The molecule has 0 saturated carbocycles. The van der Waals surface area contributed by atoms with Crippen LogP contribution in [0, 0.1) is 5.82 Å². The molecule has 1 saturated heterocycles. The second kappa shape index (κ2) is 8.28. The van der Waals surface area contributed by atoms with E-state index >= 15 is 0 Å². The molecule has 5 rings (SSSR count). The van der Waals surface area contributed by atoms with Gasteiger partial charge in [-0.25, -0.2) is 9.18 Å². The monoisotopic (exact) mass is 432 g/mol. The smallest absolute Gasteiger partial charge is 0.336 e. The van der Waals surface area contributed by atoms with Gasteiger partial charge in [0.05, 0.1) is 17.9 Å². The molecular formula is C26H25FN2O3. The van der Waals surface area contributed by atoms with E-state index in [2.05, 4.69) is 5.32 Å². The third-order valence-electron chi connectivity index (χ3n) is 5.91. The van der Waals surface area contributed by atoms with Gasteiger partial charge in [0, 0.05) is 36.8 Å². The summed E-state index contributed by atoms with van der Waals surface area (Å²) < 4.78 is 26.1. The summed E-state index contributed by atoms with van der Waals surface area (Å²) >= 11 is 0. The van der Waals surface area contributed by atoms with Gasteiger partial charge >= 0.3 is 5.63 Å². The lowest BCUT2D eigenvalue weighted by Gasteiger charge is -2.37. The number of hydrogen-bond donors (Lipinski definition) is 1. The molecule has 164 valence electrons. The Balaban J connectivity index is 1.43. The second-order valence-electron chi connectivity index (χ2n) is 8.43. The lowest BCUT2D eigenvalue weighted by molar-refractivity contribution is -0.00539.